The minimum Gasteiger partial charge on any atom is -0.387 e. The second kappa shape index (κ2) is 7.74. The standard InChI is InChI=1S/C14H24N4O/c1-5-18(10-6-9-17(3)4)14(19)13-8-7-12(15-2)11-16-13/h7-8,11,15H,5-6,9-10H2,1-4H3. The molecular formula is C14H24N4O. The van der Waals surface area contributed by atoms with Crippen LogP contribution in [-0.2, 0) is 0 Å². The van der Waals surface area contributed by atoms with E-state index >= 15 is 0 Å². The van der Waals surface area contributed by atoms with Gasteiger partial charge in [-0.15, -0.1) is 0 Å². The van der Waals surface area contributed by atoms with E-state index in [-0.39, 0.29) is 5.91 Å². The molecule has 1 rings (SSSR count). The Bertz CT molecular complexity index is 389. The first-order valence-corrected chi connectivity index (χ1v) is 6.66. The van der Waals surface area contributed by atoms with E-state index in [0.29, 0.717) is 12.2 Å². The van der Waals surface area contributed by atoms with Gasteiger partial charge >= 0.3 is 0 Å². The molecular weight excluding hydrogens is 240 g/mol. The van der Waals surface area contributed by atoms with E-state index in [0.717, 1.165) is 25.2 Å². The van der Waals surface area contributed by atoms with Crippen LogP contribution in [0.4, 0.5) is 5.69 Å². The van der Waals surface area contributed by atoms with Gasteiger partial charge in [-0.1, -0.05) is 0 Å². The summed E-state index contributed by atoms with van der Waals surface area (Å²) in [5.41, 5.74) is 1.41. The Kier molecular flexibility index (Phi) is 6.29. The average Bonchev–Trinajstić information content (AvgIpc) is 2.43. The zero-order chi connectivity index (χ0) is 14.3. The molecule has 5 nitrogen and oxygen atoms in total. The lowest BCUT2D eigenvalue weighted by atomic mass is 10.2. The van der Waals surface area contributed by atoms with Crippen molar-refractivity contribution in [2.24, 2.45) is 0 Å². The second-order valence-corrected chi connectivity index (χ2v) is 4.72. The molecule has 1 heterocycles. The Morgan fingerprint density at radius 2 is 2.05 bits per heavy atom. The predicted molar refractivity (Wildman–Crippen MR) is 78.5 cm³/mol. The molecule has 0 spiro atoms. The molecule has 0 bridgehead atoms. The largest absolute Gasteiger partial charge is 0.387 e. The Labute approximate surface area is 115 Å². The monoisotopic (exact) mass is 264 g/mol. The Hall–Kier alpha value is -1.62. The molecule has 0 saturated carbocycles. The summed E-state index contributed by atoms with van der Waals surface area (Å²) in [6, 6.07) is 3.64. The van der Waals surface area contributed by atoms with Crippen LogP contribution in [0.2, 0.25) is 0 Å². The number of rotatable bonds is 7. The normalized spacial score (nSPS) is 10.6. The van der Waals surface area contributed by atoms with Crippen molar-refractivity contribution in [1.82, 2.24) is 14.8 Å². The van der Waals surface area contributed by atoms with Crippen LogP contribution < -0.4 is 5.32 Å². The minimum atomic E-state index is 0.00362. The van der Waals surface area contributed by atoms with E-state index in [4.69, 9.17) is 0 Å². The van der Waals surface area contributed by atoms with Crippen LogP contribution in [0.15, 0.2) is 18.3 Å². The van der Waals surface area contributed by atoms with Crippen molar-refractivity contribution in [3.05, 3.63) is 24.0 Å². The third-order valence-electron chi connectivity index (χ3n) is 2.97. The SMILES string of the molecule is CCN(CCCN(C)C)C(=O)c1ccc(NC)cn1. The molecule has 1 aromatic rings. The number of nitrogens with zero attached hydrogens (tertiary/aromatic N) is 3. The van der Waals surface area contributed by atoms with Crippen LogP contribution in [0.25, 0.3) is 0 Å². The summed E-state index contributed by atoms with van der Waals surface area (Å²) in [6.07, 6.45) is 2.65. The third-order valence-corrected chi connectivity index (χ3v) is 2.97. The van der Waals surface area contributed by atoms with Gasteiger partial charge in [0.1, 0.15) is 5.69 Å². The number of nitrogens with one attached hydrogen (secondary N) is 1. The van der Waals surface area contributed by atoms with E-state index in [1.165, 1.54) is 0 Å². The zero-order valence-corrected chi connectivity index (χ0v) is 12.3. The van der Waals surface area contributed by atoms with Crippen molar-refractivity contribution >= 4 is 11.6 Å². The summed E-state index contributed by atoms with van der Waals surface area (Å²) in [4.78, 5) is 20.4. The molecule has 0 atom stereocenters. The lowest BCUT2D eigenvalue weighted by Gasteiger charge is -2.21. The maximum absolute atomic E-state index is 12.3. The molecule has 19 heavy (non-hydrogen) atoms. The van der Waals surface area contributed by atoms with Crippen LogP contribution in [0.5, 0.6) is 0 Å². The van der Waals surface area contributed by atoms with Gasteiger partial charge in [0, 0.05) is 20.1 Å². The lowest BCUT2D eigenvalue weighted by molar-refractivity contribution is 0.0753. The van der Waals surface area contributed by atoms with Gasteiger partial charge in [-0.2, -0.15) is 0 Å². The molecule has 1 aromatic heterocycles. The maximum atomic E-state index is 12.3. The second-order valence-electron chi connectivity index (χ2n) is 4.72. The van der Waals surface area contributed by atoms with Gasteiger partial charge in [-0.3, -0.25) is 4.79 Å². The Balaban J connectivity index is 2.61. The summed E-state index contributed by atoms with van der Waals surface area (Å²) in [5, 5.41) is 2.99. The first-order valence-electron chi connectivity index (χ1n) is 6.66. The topological polar surface area (TPSA) is 48.5 Å². The molecule has 1 N–H and O–H groups in total. The predicted octanol–water partition coefficient (Wildman–Crippen LogP) is 1.54. The molecule has 0 aliphatic heterocycles. The fourth-order valence-electron chi connectivity index (χ4n) is 1.81. The highest BCUT2D eigenvalue weighted by molar-refractivity contribution is 5.92. The van der Waals surface area contributed by atoms with Gasteiger partial charge in [0.05, 0.1) is 11.9 Å². The first kappa shape index (κ1) is 15.4. The van der Waals surface area contributed by atoms with Crippen molar-refractivity contribution in [3.63, 3.8) is 0 Å². The van der Waals surface area contributed by atoms with Crippen molar-refractivity contribution in [2.75, 3.05) is 46.1 Å². The van der Waals surface area contributed by atoms with E-state index in [2.05, 4.69) is 15.2 Å². The van der Waals surface area contributed by atoms with Gasteiger partial charge in [-0.05, 0) is 46.1 Å². The molecule has 0 aliphatic rings. The fraction of sp³-hybridized carbons (Fsp3) is 0.571. The number of anilines is 1. The Morgan fingerprint density at radius 3 is 2.53 bits per heavy atom. The quantitative estimate of drug-likeness (QED) is 0.811. The molecule has 106 valence electrons. The molecule has 0 aliphatic carbocycles. The maximum Gasteiger partial charge on any atom is 0.272 e. The molecule has 0 aromatic carbocycles. The highest BCUT2D eigenvalue weighted by Crippen LogP contribution is 2.08. The van der Waals surface area contributed by atoms with Gasteiger partial charge in [0.15, 0.2) is 0 Å². The molecule has 0 radical (unpaired) electrons. The highest BCUT2D eigenvalue weighted by Gasteiger charge is 2.14. The fourth-order valence-corrected chi connectivity index (χ4v) is 1.81. The smallest absolute Gasteiger partial charge is 0.272 e. The molecule has 0 saturated heterocycles. The summed E-state index contributed by atoms with van der Waals surface area (Å²) in [6.45, 7) is 4.45. The Morgan fingerprint density at radius 1 is 1.32 bits per heavy atom. The van der Waals surface area contributed by atoms with E-state index in [1.807, 2.05) is 39.0 Å². The first-order chi connectivity index (χ1) is 9.08. The summed E-state index contributed by atoms with van der Waals surface area (Å²) >= 11 is 0. The van der Waals surface area contributed by atoms with Crippen LogP contribution in [0.1, 0.15) is 23.8 Å². The van der Waals surface area contributed by atoms with Crippen LogP contribution in [0.3, 0.4) is 0 Å². The third kappa shape index (κ3) is 4.87. The number of carbonyl (C=O) groups is 1. The number of carbonyl (C=O) groups excluding carboxylic acids is 1. The summed E-state index contributed by atoms with van der Waals surface area (Å²) < 4.78 is 0. The van der Waals surface area contributed by atoms with Crippen molar-refractivity contribution in [2.45, 2.75) is 13.3 Å². The minimum absolute atomic E-state index is 0.00362. The number of hydrogen-bond acceptors (Lipinski definition) is 4. The lowest BCUT2D eigenvalue weighted by Crippen LogP contribution is -2.33. The van der Waals surface area contributed by atoms with Gasteiger partial charge in [0.25, 0.3) is 5.91 Å². The summed E-state index contributed by atoms with van der Waals surface area (Å²) in [5.74, 6) is 0.00362. The molecule has 5 heteroatoms. The van der Waals surface area contributed by atoms with Gasteiger partial charge in [-0.25, -0.2) is 4.98 Å². The van der Waals surface area contributed by atoms with E-state index in [1.54, 1.807) is 12.3 Å². The van der Waals surface area contributed by atoms with Gasteiger partial charge in [0.2, 0.25) is 0 Å². The van der Waals surface area contributed by atoms with Crippen LogP contribution in [-0.4, -0.2) is 61.5 Å². The van der Waals surface area contributed by atoms with Crippen molar-refractivity contribution in [3.8, 4) is 0 Å². The molecule has 0 unspecified atom stereocenters. The van der Waals surface area contributed by atoms with Crippen molar-refractivity contribution < 1.29 is 4.79 Å². The van der Waals surface area contributed by atoms with Crippen LogP contribution in [0, 0.1) is 0 Å². The summed E-state index contributed by atoms with van der Waals surface area (Å²) in [7, 11) is 5.91. The molecule has 0 fully saturated rings. The number of hydrogen-bond donors (Lipinski definition) is 1. The van der Waals surface area contributed by atoms with E-state index in [9.17, 15) is 4.79 Å². The van der Waals surface area contributed by atoms with Crippen LogP contribution >= 0.6 is 0 Å². The highest BCUT2D eigenvalue weighted by atomic mass is 16.2. The average molecular weight is 264 g/mol. The van der Waals surface area contributed by atoms with Gasteiger partial charge < -0.3 is 15.1 Å². The molecule has 1 amide bonds. The van der Waals surface area contributed by atoms with E-state index < -0.39 is 0 Å². The number of pyridine rings is 1. The van der Waals surface area contributed by atoms with Crippen molar-refractivity contribution in [1.29, 1.82) is 0 Å². The number of aromatic nitrogens is 1. The number of amides is 1. The zero-order valence-electron chi connectivity index (χ0n) is 12.3.